The van der Waals surface area contributed by atoms with Gasteiger partial charge in [-0.25, -0.2) is 9.37 Å². The molecule has 2 aliphatic rings. The number of benzene rings is 1. The van der Waals surface area contributed by atoms with Crippen molar-refractivity contribution < 1.29 is 4.39 Å². The van der Waals surface area contributed by atoms with Crippen molar-refractivity contribution in [3.8, 4) is 0 Å². The highest BCUT2D eigenvalue weighted by molar-refractivity contribution is 7.22. The summed E-state index contributed by atoms with van der Waals surface area (Å²) >= 11 is 1.62. The number of hydrogen-bond donors (Lipinski definition) is 1. The van der Waals surface area contributed by atoms with Gasteiger partial charge in [-0.05, 0) is 56.1 Å². The van der Waals surface area contributed by atoms with Crippen molar-refractivity contribution in [1.29, 1.82) is 0 Å². The van der Waals surface area contributed by atoms with Crippen molar-refractivity contribution >= 4 is 26.7 Å². The summed E-state index contributed by atoms with van der Waals surface area (Å²) in [5, 5.41) is 4.49. The fourth-order valence-corrected chi connectivity index (χ4v) is 5.11. The molecule has 0 aliphatic heterocycles. The molecule has 0 spiro atoms. The number of fused-ring (bicyclic) bond motifs is 3. The highest BCUT2D eigenvalue weighted by Crippen LogP contribution is 2.50. The summed E-state index contributed by atoms with van der Waals surface area (Å²) in [5.41, 5.74) is 0.762. The number of hydrogen-bond acceptors (Lipinski definition) is 3. The molecule has 2 fully saturated rings. The molecule has 4 unspecified atom stereocenters. The molecule has 0 saturated heterocycles. The Kier molecular flexibility index (Phi) is 2.95. The van der Waals surface area contributed by atoms with Crippen LogP contribution in [0.3, 0.4) is 0 Å². The van der Waals surface area contributed by atoms with Crippen molar-refractivity contribution in [3.05, 3.63) is 24.0 Å². The summed E-state index contributed by atoms with van der Waals surface area (Å²) < 4.78 is 14.3. The summed E-state index contributed by atoms with van der Waals surface area (Å²) in [6.07, 6.45) is 5.65. The fourth-order valence-electron chi connectivity index (χ4n) is 4.17. The number of nitrogens with zero attached hydrogens (tertiary/aromatic N) is 1. The average Bonchev–Trinajstić information content (AvgIpc) is 3.11. The van der Waals surface area contributed by atoms with Gasteiger partial charge in [0.2, 0.25) is 0 Å². The lowest BCUT2D eigenvalue weighted by atomic mass is 9.84. The van der Waals surface area contributed by atoms with Crippen LogP contribution in [-0.2, 0) is 0 Å². The van der Waals surface area contributed by atoms with Crippen molar-refractivity contribution in [3.63, 3.8) is 0 Å². The van der Waals surface area contributed by atoms with Crippen LogP contribution in [0.15, 0.2) is 18.2 Å². The van der Waals surface area contributed by atoms with E-state index in [9.17, 15) is 4.39 Å². The summed E-state index contributed by atoms with van der Waals surface area (Å²) in [6, 6.07) is 5.30. The van der Waals surface area contributed by atoms with Crippen molar-refractivity contribution in [2.45, 2.75) is 38.6 Å². The quantitative estimate of drug-likeness (QED) is 0.888. The highest BCUT2D eigenvalue weighted by atomic mass is 32.1. The van der Waals surface area contributed by atoms with E-state index < -0.39 is 0 Å². The van der Waals surface area contributed by atoms with E-state index >= 15 is 0 Å². The monoisotopic (exact) mass is 290 g/mol. The Labute approximate surface area is 122 Å². The molecule has 1 aromatic heterocycles. The average molecular weight is 290 g/mol. The lowest BCUT2D eigenvalue weighted by Crippen LogP contribution is -2.29. The molecule has 4 rings (SSSR count). The molecule has 2 bridgehead atoms. The summed E-state index contributed by atoms with van der Waals surface area (Å²) in [4.78, 5) is 4.51. The second-order valence-electron chi connectivity index (χ2n) is 6.40. The zero-order valence-electron chi connectivity index (χ0n) is 11.6. The summed E-state index contributed by atoms with van der Waals surface area (Å²) in [7, 11) is 0. The lowest BCUT2D eigenvalue weighted by molar-refractivity contribution is 0.304. The minimum absolute atomic E-state index is 0.212. The van der Waals surface area contributed by atoms with Crippen molar-refractivity contribution in [2.75, 3.05) is 5.32 Å². The van der Waals surface area contributed by atoms with Gasteiger partial charge in [-0.1, -0.05) is 17.8 Å². The predicted octanol–water partition coefficient (Wildman–Crippen LogP) is 4.67. The molecule has 20 heavy (non-hydrogen) atoms. The van der Waals surface area contributed by atoms with Gasteiger partial charge in [0.15, 0.2) is 5.13 Å². The Balaban J connectivity index is 1.52. The standard InChI is InChI=1S/C16H19FN2S/c1-9(13-7-10-2-3-11(13)6-10)18-16-19-14-8-12(17)4-5-15(14)20-16/h4-5,8-11,13H,2-3,6-7H2,1H3,(H,18,19). The molecule has 0 radical (unpaired) electrons. The number of anilines is 1. The Bertz CT molecular complexity index is 638. The normalized spacial score (nSPS) is 30.0. The van der Waals surface area contributed by atoms with Gasteiger partial charge in [0.25, 0.3) is 0 Å². The number of halogens is 1. The molecule has 2 nitrogen and oxygen atoms in total. The van der Waals surface area contributed by atoms with Gasteiger partial charge in [-0.15, -0.1) is 0 Å². The highest BCUT2D eigenvalue weighted by Gasteiger charge is 2.41. The summed E-state index contributed by atoms with van der Waals surface area (Å²) in [6.45, 7) is 2.28. The molecule has 1 heterocycles. The van der Waals surface area contributed by atoms with E-state index in [1.807, 2.05) is 6.07 Å². The fraction of sp³-hybridized carbons (Fsp3) is 0.562. The third-order valence-electron chi connectivity index (χ3n) is 5.14. The van der Waals surface area contributed by atoms with Gasteiger partial charge in [0.05, 0.1) is 10.2 Å². The van der Waals surface area contributed by atoms with E-state index in [2.05, 4.69) is 17.2 Å². The lowest BCUT2D eigenvalue weighted by Gasteiger charge is -2.28. The minimum Gasteiger partial charge on any atom is -0.359 e. The molecule has 106 valence electrons. The first kappa shape index (κ1) is 12.6. The Hall–Kier alpha value is -1.16. The van der Waals surface area contributed by atoms with Crippen LogP contribution in [0.4, 0.5) is 9.52 Å². The van der Waals surface area contributed by atoms with Crippen LogP contribution >= 0.6 is 11.3 Å². The van der Waals surface area contributed by atoms with Gasteiger partial charge >= 0.3 is 0 Å². The maximum atomic E-state index is 13.2. The molecule has 1 aromatic carbocycles. The Morgan fingerprint density at radius 1 is 1.35 bits per heavy atom. The van der Waals surface area contributed by atoms with Crippen LogP contribution in [0, 0.1) is 23.6 Å². The molecule has 1 N–H and O–H groups in total. The first-order chi connectivity index (χ1) is 9.69. The van der Waals surface area contributed by atoms with E-state index in [-0.39, 0.29) is 5.82 Å². The number of nitrogens with one attached hydrogen (secondary N) is 1. The molecule has 2 saturated carbocycles. The largest absolute Gasteiger partial charge is 0.359 e. The number of thiazole rings is 1. The van der Waals surface area contributed by atoms with Crippen LogP contribution in [0.1, 0.15) is 32.6 Å². The zero-order valence-corrected chi connectivity index (χ0v) is 12.4. The van der Waals surface area contributed by atoms with Gasteiger partial charge in [0, 0.05) is 12.1 Å². The van der Waals surface area contributed by atoms with E-state index in [4.69, 9.17) is 0 Å². The van der Waals surface area contributed by atoms with Crippen LogP contribution in [-0.4, -0.2) is 11.0 Å². The van der Waals surface area contributed by atoms with Crippen LogP contribution in [0.2, 0.25) is 0 Å². The molecule has 4 atom stereocenters. The smallest absolute Gasteiger partial charge is 0.184 e. The van der Waals surface area contributed by atoms with E-state index in [1.54, 1.807) is 11.3 Å². The van der Waals surface area contributed by atoms with E-state index in [0.29, 0.717) is 6.04 Å². The molecule has 0 amide bonds. The molecular formula is C16H19FN2S. The Morgan fingerprint density at radius 3 is 3.00 bits per heavy atom. The van der Waals surface area contributed by atoms with Crippen LogP contribution in [0.5, 0.6) is 0 Å². The van der Waals surface area contributed by atoms with Crippen LogP contribution in [0.25, 0.3) is 10.2 Å². The number of rotatable bonds is 3. The SMILES string of the molecule is CC(Nc1nc2cc(F)ccc2s1)C1CC2CCC1C2. The maximum absolute atomic E-state index is 13.2. The van der Waals surface area contributed by atoms with Crippen molar-refractivity contribution in [2.24, 2.45) is 17.8 Å². The van der Waals surface area contributed by atoms with Crippen molar-refractivity contribution in [1.82, 2.24) is 4.98 Å². The third kappa shape index (κ3) is 2.10. The van der Waals surface area contributed by atoms with Gasteiger partial charge in [0.1, 0.15) is 5.82 Å². The van der Waals surface area contributed by atoms with Gasteiger partial charge in [-0.2, -0.15) is 0 Å². The van der Waals surface area contributed by atoms with Crippen LogP contribution < -0.4 is 5.32 Å². The topological polar surface area (TPSA) is 24.9 Å². The van der Waals surface area contributed by atoms with E-state index in [1.165, 1.54) is 37.8 Å². The number of aromatic nitrogens is 1. The molecular weight excluding hydrogens is 271 g/mol. The molecule has 2 aromatic rings. The molecule has 4 heteroatoms. The first-order valence-corrected chi connectivity index (χ1v) is 8.33. The third-order valence-corrected chi connectivity index (χ3v) is 6.10. The second-order valence-corrected chi connectivity index (χ2v) is 7.43. The zero-order chi connectivity index (χ0) is 13.7. The maximum Gasteiger partial charge on any atom is 0.184 e. The van der Waals surface area contributed by atoms with Gasteiger partial charge < -0.3 is 5.32 Å². The van der Waals surface area contributed by atoms with Gasteiger partial charge in [-0.3, -0.25) is 0 Å². The summed E-state index contributed by atoms with van der Waals surface area (Å²) in [5.74, 6) is 2.46. The molecule has 2 aliphatic carbocycles. The predicted molar refractivity (Wildman–Crippen MR) is 81.6 cm³/mol. The first-order valence-electron chi connectivity index (χ1n) is 7.51. The Morgan fingerprint density at radius 2 is 2.25 bits per heavy atom. The minimum atomic E-state index is -0.212. The van der Waals surface area contributed by atoms with E-state index in [0.717, 1.165) is 33.1 Å². The second kappa shape index (κ2) is 4.69.